The molecule has 0 saturated carbocycles. The van der Waals surface area contributed by atoms with Crippen molar-refractivity contribution >= 4 is 22.6 Å². The fraction of sp³-hybridized carbons (Fsp3) is 0.611. The zero-order valence-electron chi connectivity index (χ0n) is 14.5. The maximum atomic E-state index is 11.8. The third-order valence-corrected chi connectivity index (χ3v) is 5.64. The highest BCUT2D eigenvalue weighted by atomic mass is 32.2. The van der Waals surface area contributed by atoms with Gasteiger partial charge < -0.3 is 4.90 Å². The molecule has 0 radical (unpaired) electrons. The van der Waals surface area contributed by atoms with E-state index >= 15 is 0 Å². The van der Waals surface area contributed by atoms with Crippen molar-refractivity contribution in [1.82, 2.24) is 9.62 Å². The fourth-order valence-corrected chi connectivity index (χ4v) is 4.18. The van der Waals surface area contributed by atoms with E-state index in [0.717, 1.165) is 30.7 Å². The number of carbonyl (C=O) groups excluding carboxylic acids is 1. The molecule has 1 aromatic rings. The number of carbonyl (C=O) groups is 1. The minimum atomic E-state index is -1.33. The van der Waals surface area contributed by atoms with Crippen LogP contribution in [0.5, 0.6) is 0 Å². The van der Waals surface area contributed by atoms with E-state index in [0.29, 0.717) is 5.56 Å². The Labute approximate surface area is 147 Å². The Morgan fingerprint density at radius 3 is 2.33 bits per heavy atom. The predicted molar refractivity (Wildman–Crippen MR) is 98.6 cm³/mol. The second kappa shape index (κ2) is 7.66. The summed E-state index contributed by atoms with van der Waals surface area (Å²) < 4.78 is 13.5. The number of piperidine rings is 1. The second-order valence-corrected chi connectivity index (χ2v) is 8.15. The van der Waals surface area contributed by atoms with Crippen LogP contribution >= 0.6 is 0 Å². The van der Waals surface area contributed by atoms with Crippen molar-refractivity contribution in [3.63, 3.8) is 0 Å². The first-order chi connectivity index (χ1) is 11.5. The fourth-order valence-electron chi connectivity index (χ4n) is 3.80. The Hall–Kier alpha value is -1.40. The number of hydrogen-bond acceptors (Lipinski definition) is 4. The van der Waals surface area contributed by atoms with E-state index in [1.54, 1.807) is 0 Å². The maximum absolute atomic E-state index is 11.8. The molecule has 132 valence electrons. The molecule has 2 fully saturated rings. The number of nitrogens with one attached hydrogen (secondary N) is 1. The first-order valence-electron chi connectivity index (χ1n) is 8.76. The summed E-state index contributed by atoms with van der Waals surface area (Å²) in [5.74, 6) is 0.559. The Bertz CT molecular complexity index is 597. The standard InChI is InChI=1S/C18H27N3O2S/c1-14-7-10-21(13-14)17-8-11-20(12-9-17)16-5-3-15(4-6-16)18(22)19-24(2)23/h3-6,14,17H,7-13H2,1-2H3,(H,19,22). The van der Waals surface area contributed by atoms with Crippen LogP contribution in [0.3, 0.4) is 0 Å². The zero-order valence-corrected chi connectivity index (χ0v) is 15.3. The Morgan fingerprint density at radius 1 is 1.12 bits per heavy atom. The molecule has 2 atom stereocenters. The maximum Gasteiger partial charge on any atom is 0.262 e. The topological polar surface area (TPSA) is 52.6 Å². The van der Waals surface area contributed by atoms with Crippen molar-refractivity contribution in [1.29, 1.82) is 0 Å². The van der Waals surface area contributed by atoms with E-state index in [4.69, 9.17) is 0 Å². The van der Waals surface area contributed by atoms with Gasteiger partial charge in [-0.05, 0) is 56.0 Å². The van der Waals surface area contributed by atoms with Gasteiger partial charge in [0, 0.05) is 43.2 Å². The van der Waals surface area contributed by atoms with Crippen LogP contribution in [0.2, 0.25) is 0 Å². The molecule has 0 bridgehead atoms. The van der Waals surface area contributed by atoms with Crippen LogP contribution < -0.4 is 9.62 Å². The average Bonchev–Trinajstić information content (AvgIpc) is 3.01. The third kappa shape index (κ3) is 4.16. The van der Waals surface area contributed by atoms with Crippen molar-refractivity contribution < 1.29 is 9.00 Å². The van der Waals surface area contributed by atoms with Crippen molar-refractivity contribution in [2.24, 2.45) is 5.92 Å². The summed E-state index contributed by atoms with van der Waals surface area (Å²) in [7, 11) is -1.33. The molecule has 1 N–H and O–H groups in total. The van der Waals surface area contributed by atoms with E-state index in [1.807, 2.05) is 24.3 Å². The van der Waals surface area contributed by atoms with Crippen LogP contribution in [-0.4, -0.2) is 53.5 Å². The Morgan fingerprint density at radius 2 is 1.79 bits per heavy atom. The van der Waals surface area contributed by atoms with Gasteiger partial charge in [0.2, 0.25) is 0 Å². The molecule has 5 nitrogen and oxygen atoms in total. The summed E-state index contributed by atoms with van der Waals surface area (Å²) in [6, 6.07) is 8.34. The first kappa shape index (κ1) is 17.4. The lowest BCUT2D eigenvalue weighted by molar-refractivity contribution is 0.0983. The first-order valence-corrected chi connectivity index (χ1v) is 10.3. The number of amides is 1. The highest BCUT2D eigenvalue weighted by molar-refractivity contribution is 7.82. The van der Waals surface area contributed by atoms with Crippen molar-refractivity contribution in [2.45, 2.75) is 32.2 Å². The third-order valence-electron chi connectivity index (χ3n) is 5.17. The number of hydrogen-bond donors (Lipinski definition) is 1. The van der Waals surface area contributed by atoms with Crippen LogP contribution in [0.25, 0.3) is 0 Å². The monoisotopic (exact) mass is 349 g/mol. The summed E-state index contributed by atoms with van der Waals surface area (Å²) >= 11 is 0. The van der Waals surface area contributed by atoms with Crippen LogP contribution in [0.15, 0.2) is 24.3 Å². The number of likely N-dealkylation sites (tertiary alicyclic amines) is 1. The lowest BCUT2D eigenvalue weighted by atomic mass is 10.0. The van der Waals surface area contributed by atoms with Gasteiger partial charge in [0.25, 0.3) is 5.91 Å². The van der Waals surface area contributed by atoms with Crippen molar-refractivity contribution in [3.05, 3.63) is 29.8 Å². The van der Waals surface area contributed by atoms with Gasteiger partial charge in [0.15, 0.2) is 0 Å². The molecule has 24 heavy (non-hydrogen) atoms. The highest BCUT2D eigenvalue weighted by Gasteiger charge is 2.29. The van der Waals surface area contributed by atoms with E-state index in [-0.39, 0.29) is 5.91 Å². The SMILES string of the molecule is CC1CCN(C2CCN(c3ccc(C(=O)NS(C)=O)cc3)CC2)C1. The normalized spacial score (nSPS) is 24.1. The molecular formula is C18H27N3O2S. The lowest BCUT2D eigenvalue weighted by Gasteiger charge is -2.38. The van der Waals surface area contributed by atoms with Crippen molar-refractivity contribution in [2.75, 3.05) is 37.3 Å². The van der Waals surface area contributed by atoms with Gasteiger partial charge in [-0.1, -0.05) is 6.92 Å². The molecule has 1 aromatic carbocycles. The number of benzene rings is 1. The minimum Gasteiger partial charge on any atom is -0.371 e. The van der Waals surface area contributed by atoms with E-state index in [9.17, 15) is 9.00 Å². The molecule has 2 aliphatic heterocycles. The van der Waals surface area contributed by atoms with Crippen LogP contribution in [0.1, 0.15) is 36.5 Å². The predicted octanol–water partition coefficient (Wildman–Crippen LogP) is 2.02. The summed E-state index contributed by atoms with van der Waals surface area (Å²) in [6.07, 6.45) is 5.22. The molecule has 2 aliphatic rings. The van der Waals surface area contributed by atoms with E-state index in [2.05, 4.69) is 21.4 Å². The molecule has 2 heterocycles. The van der Waals surface area contributed by atoms with Gasteiger partial charge in [0.1, 0.15) is 11.0 Å². The number of nitrogens with zero attached hydrogens (tertiary/aromatic N) is 2. The smallest absolute Gasteiger partial charge is 0.262 e. The van der Waals surface area contributed by atoms with Gasteiger partial charge >= 0.3 is 0 Å². The molecule has 0 spiro atoms. The molecule has 2 unspecified atom stereocenters. The van der Waals surface area contributed by atoms with Gasteiger partial charge in [-0.15, -0.1) is 0 Å². The average molecular weight is 350 g/mol. The molecule has 1 amide bonds. The highest BCUT2D eigenvalue weighted by Crippen LogP contribution is 2.26. The van der Waals surface area contributed by atoms with E-state index in [1.165, 1.54) is 38.6 Å². The van der Waals surface area contributed by atoms with Crippen LogP contribution in [0.4, 0.5) is 5.69 Å². The second-order valence-electron chi connectivity index (χ2n) is 7.04. The van der Waals surface area contributed by atoms with Crippen LogP contribution in [0, 0.1) is 5.92 Å². The molecule has 3 rings (SSSR count). The minimum absolute atomic E-state index is 0.288. The van der Waals surface area contributed by atoms with Crippen molar-refractivity contribution in [3.8, 4) is 0 Å². The molecule has 6 heteroatoms. The summed E-state index contributed by atoms with van der Waals surface area (Å²) in [5, 5.41) is 0. The molecule has 0 aromatic heterocycles. The summed E-state index contributed by atoms with van der Waals surface area (Å²) in [6.45, 7) is 7.00. The molecular weight excluding hydrogens is 322 g/mol. The quantitative estimate of drug-likeness (QED) is 0.904. The van der Waals surface area contributed by atoms with Crippen LogP contribution in [-0.2, 0) is 11.0 Å². The Kier molecular flexibility index (Phi) is 5.56. The Balaban J connectivity index is 1.54. The number of anilines is 1. The lowest BCUT2D eigenvalue weighted by Crippen LogP contribution is -2.44. The molecule has 2 saturated heterocycles. The van der Waals surface area contributed by atoms with E-state index < -0.39 is 11.0 Å². The zero-order chi connectivity index (χ0) is 17.1. The summed E-state index contributed by atoms with van der Waals surface area (Å²) in [5.41, 5.74) is 1.72. The largest absolute Gasteiger partial charge is 0.371 e. The van der Waals surface area contributed by atoms with Gasteiger partial charge in [-0.3, -0.25) is 14.4 Å². The van der Waals surface area contributed by atoms with Gasteiger partial charge in [-0.2, -0.15) is 0 Å². The number of rotatable bonds is 4. The van der Waals surface area contributed by atoms with Gasteiger partial charge in [-0.25, -0.2) is 4.21 Å². The molecule has 0 aliphatic carbocycles. The van der Waals surface area contributed by atoms with Gasteiger partial charge in [0.05, 0.1) is 0 Å². The summed E-state index contributed by atoms with van der Waals surface area (Å²) in [4.78, 5) is 16.9.